The van der Waals surface area contributed by atoms with Crippen LogP contribution in [-0.4, -0.2) is 37.6 Å². The number of carbonyl (C=O) groups is 2. The summed E-state index contributed by atoms with van der Waals surface area (Å²) in [5, 5.41) is 12.6. The van der Waals surface area contributed by atoms with Crippen molar-refractivity contribution < 1.29 is 27.5 Å². The van der Waals surface area contributed by atoms with Gasteiger partial charge in [-0.2, -0.15) is 8.42 Å². The number of hydrogen-bond acceptors (Lipinski definition) is 6. The summed E-state index contributed by atoms with van der Waals surface area (Å²) >= 11 is 6.12. The summed E-state index contributed by atoms with van der Waals surface area (Å²) in [6.07, 6.45) is 2.84. The highest BCUT2D eigenvalue weighted by atomic mass is 35.5. The summed E-state index contributed by atoms with van der Waals surface area (Å²) in [4.78, 5) is 27.5. The molecule has 1 aliphatic carbocycles. The zero-order chi connectivity index (χ0) is 22.8. The van der Waals surface area contributed by atoms with Crippen molar-refractivity contribution in [3.63, 3.8) is 0 Å². The van der Waals surface area contributed by atoms with Gasteiger partial charge in [0.05, 0.1) is 16.4 Å². The number of hydrogen-bond donors (Lipinski definition) is 2. The molecule has 11 heteroatoms. The Balaban J connectivity index is 1.61. The minimum atomic E-state index is -4.47. The van der Waals surface area contributed by atoms with E-state index in [1.54, 1.807) is 0 Å². The lowest BCUT2D eigenvalue weighted by Gasteiger charge is -2.34. The van der Waals surface area contributed by atoms with Crippen LogP contribution < -0.4 is 10.2 Å². The Kier molecular flexibility index (Phi) is 4.75. The molecule has 2 aliphatic heterocycles. The van der Waals surface area contributed by atoms with Crippen LogP contribution in [0.25, 0.3) is 0 Å². The molecule has 32 heavy (non-hydrogen) atoms. The molecule has 0 spiro atoms. The van der Waals surface area contributed by atoms with Gasteiger partial charge in [0.2, 0.25) is 5.91 Å². The topological polar surface area (TPSA) is 116 Å². The maximum Gasteiger partial charge on any atom is 0.289 e. The van der Waals surface area contributed by atoms with Crippen molar-refractivity contribution in [1.82, 2.24) is 0 Å². The molecule has 5 rings (SSSR count). The first-order chi connectivity index (χ1) is 15.2. The zero-order valence-corrected chi connectivity index (χ0v) is 18.1. The van der Waals surface area contributed by atoms with E-state index in [1.165, 1.54) is 23.1 Å². The number of phenolic OH excluding ortho intramolecular Hbond substituents is 1. The number of nitrogens with zero attached hydrogens (tertiary/aromatic N) is 2. The van der Waals surface area contributed by atoms with Crippen LogP contribution in [0.1, 0.15) is 29.6 Å². The van der Waals surface area contributed by atoms with E-state index in [4.69, 9.17) is 11.6 Å². The van der Waals surface area contributed by atoms with Gasteiger partial charge in [-0.25, -0.2) is 4.39 Å². The van der Waals surface area contributed by atoms with Gasteiger partial charge in [-0.3, -0.25) is 9.59 Å². The maximum atomic E-state index is 14.0. The molecule has 1 unspecified atom stereocenters. The Labute approximate surface area is 187 Å². The minimum absolute atomic E-state index is 0.0277. The Morgan fingerprint density at radius 1 is 1.22 bits per heavy atom. The Morgan fingerprint density at radius 2 is 1.97 bits per heavy atom. The largest absolute Gasteiger partial charge is 0.506 e. The molecule has 2 aromatic carbocycles. The van der Waals surface area contributed by atoms with Crippen molar-refractivity contribution in [2.75, 3.05) is 16.8 Å². The smallest absolute Gasteiger partial charge is 0.289 e. The molecule has 1 fully saturated rings. The normalized spacial score (nSPS) is 21.5. The van der Waals surface area contributed by atoms with E-state index in [1.807, 2.05) is 0 Å². The van der Waals surface area contributed by atoms with E-state index < -0.39 is 49.9 Å². The zero-order valence-electron chi connectivity index (χ0n) is 16.5. The maximum absolute atomic E-state index is 14.0. The van der Waals surface area contributed by atoms with Crippen LogP contribution in [0.2, 0.25) is 5.02 Å². The molecule has 0 aromatic heterocycles. The van der Waals surface area contributed by atoms with Crippen LogP contribution in [0.4, 0.5) is 15.8 Å². The van der Waals surface area contributed by atoms with Gasteiger partial charge in [-0.05, 0) is 42.7 Å². The van der Waals surface area contributed by atoms with E-state index in [2.05, 4.69) is 9.71 Å². The summed E-state index contributed by atoms with van der Waals surface area (Å²) in [5.41, 5.74) is 0.0839. The highest BCUT2D eigenvalue weighted by molar-refractivity contribution is 7.90. The number of aromatic hydroxyl groups is 1. The lowest BCUT2D eigenvalue weighted by atomic mass is 9.88. The molecule has 0 saturated heterocycles. The first-order valence-electron chi connectivity index (χ1n) is 9.96. The number of anilines is 2. The van der Waals surface area contributed by atoms with Crippen LogP contribution in [-0.2, 0) is 14.8 Å². The number of ketones is 1. The fourth-order valence-electron chi connectivity index (χ4n) is 4.05. The van der Waals surface area contributed by atoms with Crippen molar-refractivity contribution in [3.8, 4) is 5.75 Å². The summed E-state index contributed by atoms with van der Waals surface area (Å²) < 4.78 is 43.1. The van der Waals surface area contributed by atoms with Gasteiger partial charge in [0.25, 0.3) is 10.0 Å². The second kappa shape index (κ2) is 7.28. The fourth-order valence-corrected chi connectivity index (χ4v) is 5.56. The molecular formula is C21H17ClFN3O5S. The van der Waals surface area contributed by atoms with E-state index in [9.17, 15) is 27.5 Å². The second-order valence-corrected chi connectivity index (χ2v) is 9.98. The van der Waals surface area contributed by atoms with Gasteiger partial charge in [0.15, 0.2) is 16.6 Å². The standard InChI is InChI=1S/C21H17ClFN3O5S/c22-13-4-6-15(27)19-17(13)24-20(25-32(19,30)31)16-18(28)12-9-11(23)3-5-14(12)26(21(16)29)8-7-10-1-2-10/h3-6,9-10,16,27H,1-2,7-8H2,(H,24,25). The monoisotopic (exact) mass is 477 g/mol. The van der Waals surface area contributed by atoms with Gasteiger partial charge >= 0.3 is 0 Å². The Hall–Kier alpha value is -2.98. The molecular weight excluding hydrogens is 461 g/mol. The van der Waals surface area contributed by atoms with E-state index in [0.29, 0.717) is 18.9 Å². The minimum Gasteiger partial charge on any atom is -0.506 e. The average Bonchev–Trinajstić information content (AvgIpc) is 3.55. The summed E-state index contributed by atoms with van der Waals surface area (Å²) in [5.74, 6) is -4.22. The van der Waals surface area contributed by atoms with Gasteiger partial charge in [0.1, 0.15) is 17.4 Å². The highest BCUT2D eigenvalue weighted by Gasteiger charge is 2.46. The van der Waals surface area contributed by atoms with E-state index >= 15 is 0 Å². The summed E-state index contributed by atoms with van der Waals surface area (Å²) in [6, 6.07) is 5.96. The first kappa shape index (κ1) is 20.9. The van der Waals surface area contributed by atoms with Crippen LogP contribution in [0, 0.1) is 17.7 Å². The van der Waals surface area contributed by atoms with Crippen molar-refractivity contribution >= 4 is 50.5 Å². The number of halogens is 2. The summed E-state index contributed by atoms with van der Waals surface area (Å²) in [6.45, 7) is 0.310. The molecule has 1 amide bonds. The predicted octanol–water partition coefficient (Wildman–Crippen LogP) is 3.34. The van der Waals surface area contributed by atoms with Crippen LogP contribution in [0.3, 0.4) is 0 Å². The van der Waals surface area contributed by atoms with Crippen molar-refractivity contribution in [3.05, 3.63) is 46.7 Å². The van der Waals surface area contributed by atoms with Crippen molar-refractivity contribution in [1.29, 1.82) is 0 Å². The number of nitrogens with one attached hydrogen (secondary N) is 1. The lowest BCUT2D eigenvalue weighted by molar-refractivity contribution is -0.119. The SMILES string of the molecule is O=C1c2cc(F)ccc2N(CCC2CC2)C(=O)C1C1=NS(=O)(=O)c2c(O)ccc(Cl)c2N1. The number of rotatable bonds is 4. The van der Waals surface area contributed by atoms with Gasteiger partial charge in [-0.1, -0.05) is 24.4 Å². The molecule has 0 radical (unpaired) electrons. The molecule has 2 N–H and O–H groups in total. The van der Waals surface area contributed by atoms with Crippen molar-refractivity contribution in [2.24, 2.45) is 16.2 Å². The number of amidine groups is 1. The molecule has 1 atom stereocenters. The molecule has 2 heterocycles. The molecule has 166 valence electrons. The van der Waals surface area contributed by atoms with Crippen LogP contribution >= 0.6 is 11.6 Å². The molecule has 8 nitrogen and oxygen atoms in total. The quantitative estimate of drug-likeness (QED) is 0.652. The van der Waals surface area contributed by atoms with Gasteiger partial charge in [-0.15, -0.1) is 4.40 Å². The van der Waals surface area contributed by atoms with Crippen LogP contribution in [0.15, 0.2) is 39.6 Å². The highest BCUT2D eigenvalue weighted by Crippen LogP contribution is 2.42. The van der Waals surface area contributed by atoms with E-state index in [-0.39, 0.29) is 22.0 Å². The average molecular weight is 478 g/mol. The molecule has 2 aromatic rings. The number of fused-ring (bicyclic) bond motifs is 2. The number of phenols is 1. The first-order valence-corrected chi connectivity index (χ1v) is 11.8. The number of Topliss-reactive ketones (excluding diaryl/α,β-unsaturated/α-hetero) is 1. The Bertz CT molecular complexity index is 1320. The number of amides is 1. The van der Waals surface area contributed by atoms with Gasteiger partial charge < -0.3 is 15.3 Å². The number of sulfonamides is 1. The van der Waals surface area contributed by atoms with Gasteiger partial charge in [0, 0.05) is 12.1 Å². The third-order valence-electron chi connectivity index (χ3n) is 5.84. The molecule has 0 bridgehead atoms. The number of carbonyl (C=O) groups excluding carboxylic acids is 2. The molecule has 1 saturated carbocycles. The van der Waals surface area contributed by atoms with E-state index in [0.717, 1.165) is 25.0 Å². The summed E-state index contributed by atoms with van der Waals surface area (Å²) in [7, 11) is -4.47. The predicted molar refractivity (Wildman–Crippen MR) is 115 cm³/mol. The second-order valence-electron chi connectivity index (χ2n) is 8.03. The third kappa shape index (κ3) is 3.34. The fraction of sp³-hybridized carbons (Fsp3) is 0.286. The number of benzene rings is 2. The lowest BCUT2D eigenvalue weighted by Crippen LogP contribution is -2.50. The third-order valence-corrected chi connectivity index (χ3v) is 7.52. The molecule has 3 aliphatic rings. The Morgan fingerprint density at radius 3 is 2.69 bits per heavy atom. The van der Waals surface area contributed by atoms with Crippen molar-refractivity contribution in [2.45, 2.75) is 24.2 Å². The van der Waals surface area contributed by atoms with Crippen LogP contribution in [0.5, 0.6) is 5.75 Å².